The molecule has 2 heterocycles. The van der Waals surface area contributed by atoms with E-state index in [-0.39, 0.29) is 34.6 Å². The van der Waals surface area contributed by atoms with E-state index < -0.39 is 27.7 Å². The Morgan fingerprint density at radius 3 is 2.48 bits per heavy atom. The number of methoxy groups -OCH3 is 2. The van der Waals surface area contributed by atoms with Crippen molar-refractivity contribution >= 4 is 27.7 Å². The van der Waals surface area contributed by atoms with Crippen LogP contribution in [-0.2, 0) is 19.4 Å². The molecular formula is C20H20N2O6S. The number of carbonyl (C=O) groups excluding carboxylic acids is 2. The van der Waals surface area contributed by atoms with Crippen molar-refractivity contribution < 1.29 is 27.5 Å². The van der Waals surface area contributed by atoms with E-state index in [1.807, 2.05) is 6.07 Å². The average Bonchev–Trinajstić information content (AvgIpc) is 3.04. The summed E-state index contributed by atoms with van der Waals surface area (Å²) < 4.78 is 34.2. The fourth-order valence-corrected chi connectivity index (χ4v) is 5.20. The molecule has 9 heteroatoms. The highest BCUT2D eigenvalue weighted by molar-refractivity contribution is 7.91. The number of ether oxygens (including phenoxy) is 2. The van der Waals surface area contributed by atoms with Crippen LogP contribution < -0.4 is 9.47 Å². The smallest absolute Gasteiger partial charge is 0.271 e. The maximum Gasteiger partial charge on any atom is 0.271 e. The first-order valence-electron chi connectivity index (χ1n) is 8.85. The highest BCUT2D eigenvalue weighted by Crippen LogP contribution is 2.33. The van der Waals surface area contributed by atoms with Gasteiger partial charge in [-0.15, -0.1) is 0 Å². The van der Waals surface area contributed by atoms with Gasteiger partial charge < -0.3 is 9.47 Å². The fraction of sp³-hybridized carbons (Fsp3) is 0.350. The van der Waals surface area contributed by atoms with Crippen molar-refractivity contribution in [1.82, 2.24) is 4.90 Å². The van der Waals surface area contributed by atoms with Crippen molar-refractivity contribution in [3.05, 3.63) is 40.5 Å². The molecule has 2 aliphatic rings. The van der Waals surface area contributed by atoms with Gasteiger partial charge in [0.2, 0.25) is 0 Å². The number of imide groups is 1. The lowest BCUT2D eigenvalue weighted by atomic mass is 9.92. The van der Waals surface area contributed by atoms with Crippen LogP contribution in [0.2, 0.25) is 0 Å². The lowest BCUT2D eigenvalue weighted by molar-refractivity contribution is -0.142. The van der Waals surface area contributed by atoms with Crippen LogP contribution in [-0.4, -0.2) is 56.9 Å². The average molecular weight is 416 g/mol. The quantitative estimate of drug-likeness (QED) is 0.539. The number of nitriles is 1. The van der Waals surface area contributed by atoms with E-state index in [2.05, 4.69) is 0 Å². The van der Waals surface area contributed by atoms with Crippen LogP contribution in [0.25, 0.3) is 6.08 Å². The van der Waals surface area contributed by atoms with Crippen molar-refractivity contribution in [3.8, 4) is 17.6 Å². The first kappa shape index (κ1) is 20.6. The van der Waals surface area contributed by atoms with Gasteiger partial charge in [0, 0.05) is 17.2 Å². The van der Waals surface area contributed by atoms with Gasteiger partial charge in [0.25, 0.3) is 11.8 Å². The molecule has 0 radical (unpaired) electrons. The van der Waals surface area contributed by atoms with Crippen LogP contribution in [0.15, 0.2) is 34.9 Å². The second-order valence-electron chi connectivity index (χ2n) is 6.81. The molecule has 3 rings (SSSR count). The molecule has 152 valence electrons. The number of carbonyl (C=O) groups is 2. The Hall–Kier alpha value is -3.12. The predicted molar refractivity (Wildman–Crippen MR) is 105 cm³/mol. The monoisotopic (exact) mass is 416 g/mol. The molecule has 0 bridgehead atoms. The normalized spacial score (nSPS) is 22.8. The van der Waals surface area contributed by atoms with Crippen molar-refractivity contribution in [1.29, 1.82) is 5.26 Å². The van der Waals surface area contributed by atoms with Crippen LogP contribution >= 0.6 is 0 Å². The van der Waals surface area contributed by atoms with Gasteiger partial charge in [0.1, 0.15) is 23.1 Å². The molecular weight excluding hydrogens is 396 g/mol. The molecule has 0 aromatic heterocycles. The largest absolute Gasteiger partial charge is 0.497 e. The summed E-state index contributed by atoms with van der Waals surface area (Å²) in [5.41, 5.74) is 0.778. The molecule has 2 amide bonds. The number of sulfone groups is 1. The third-order valence-corrected chi connectivity index (χ3v) is 6.84. The van der Waals surface area contributed by atoms with Crippen molar-refractivity contribution in [2.75, 3.05) is 25.7 Å². The number of hydrogen-bond donors (Lipinski definition) is 0. The Bertz CT molecular complexity index is 1090. The Morgan fingerprint density at radius 1 is 1.21 bits per heavy atom. The molecule has 8 nitrogen and oxygen atoms in total. The molecule has 0 spiro atoms. The molecule has 0 saturated carbocycles. The number of amides is 2. The maximum atomic E-state index is 13.2. The molecule has 1 aromatic carbocycles. The highest BCUT2D eigenvalue weighted by atomic mass is 32.2. The Kier molecular flexibility index (Phi) is 5.48. The van der Waals surface area contributed by atoms with Gasteiger partial charge in [-0.1, -0.05) is 0 Å². The highest BCUT2D eigenvalue weighted by Gasteiger charge is 2.43. The summed E-state index contributed by atoms with van der Waals surface area (Å²) in [4.78, 5) is 26.8. The number of benzene rings is 1. The number of hydrogen-bond acceptors (Lipinski definition) is 7. The van der Waals surface area contributed by atoms with Gasteiger partial charge in [-0.2, -0.15) is 5.26 Å². The third kappa shape index (κ3) is 3.76. The fourth-order valence-electron chi connectivity index (χ4n) is 3.50. The van der Waals surface area contributed by atoms with Gasteiger partial charge in [0.05, 0.1) is 31.8 Å². The van der Waals surface area contributed by atoms with E-state index in [1.165, 1.54) is 27.2 Å². The molecule has 29 heavy (non-hydrogen) atoms. The van der Waals surface area contributed by atoms with Gasteiger partial charge in [-0.05, 0) is 37.1 Å². The van der Waals surface area contributed by atoms with Crippen LogP contribution in [0.5, 0.6) is 11.5 Å². The minimum Gasteiger partial charge on any atom is -0.497 e. The van der Waals surface area contributed by atoms with Gasteiger partial charge in [-0.25, -0.2) is 8.42 Å². The summed E-state index contributed by atoms with van der Waals surface area (Å²) in [7, 11) is -0.332. The topological polar surface area (TPSA) is 114 Å². The minimum atomic E-state index is -3.32. The maximum absolute atomic E-state index is 13.2. The van der Waals surface area contributed by atoms with Crippen LogP contribution in [0.3, 0.4) is 0 Å². The number of rotatable bonds is 4. The molecule has 1 aromatic rings. The van der Waals surface area contributed by atoms with Crippen molar-refractivity contribution in [3.63, 3.8) is 0 Å². The van der Waals surface area contributed by atoms with Crippen molar-refractivity contribution in [2.24, 2.45) is 0 Å². The number of nitrogens with zero attached hydrogens (tertiary/aromatic N) is 2. The summed E-state index contributed by atoms with van der Waals surface area (Å²) in [6.45, 7) is 1.53. The zero-order valence-corrected chi connectivity index (χ0v) is 17.1. The van der Waals surface area contributed by atoms with Gasteiger partial charge in [0.15, 0.2) is 9.84 Å². The molecule has 2 aliphatic heterocycles. The Labute approximate surface area is 168 Å². The lowest BCUT2D eigenvalue weighted by Gasteiger charge is -2.31. The zero-order valence-electron chi connectivity index (χ0n) is 16.3. The van der Waals surface area contributed by atoms with E-state index in [9.17, 15) is 23.3 Å². The third-order valence-electron chi connectivity index (χ3n) is 5.09. The summed E-state index contributed by atoms with van der Waals surface area (Å²) >= 11 is 0. The van der Waals surface area contributed by atoms with Gasteiger partial charge in [-0.3, -0.25) is 14.5 Å². The minimum absolute atomic E-state index is 0.0926. The molecule has 1 fully saturated rings. The second-order valence-corrected chi connectivity index (χ2v) is 9.04. The van der Waals surface area contributed by atoms with Crippen LogP contribution in [0, 0.1) is 11.3 Å². The first-order chi connectivity index (χ1) is 13.7. The standard InChI is InChI=1S/C20H20N2O6S/c1-12-16(8-13-4-5-15(27-2)9-18(13)28-3)19(23)22(20(24)17(12)10-21)14-6-7-29(25,26)11-14/h4-5,8-9,14H,6-7,11H2,1-3H3. The van der Waals surface area contributed by atoms with E-state index in [0.29, 0.717) is 17.1 Å². The summed E-state index contributed by atoms with van der Waals surface area (Å²) in [5.74, 6) is -0.742. The molecule has 1 saturated heterocycles. The lowest BCUT2D eigenvalue weighted by Crippen LogP contribution is -2.49. The van der Waals surface area contributed by atoms with E-state index >= 15 is 0 Å². The van der Waals surface area contributed by atoms with E-state index in [4.69, 9.17) is 9.47 Å². The zero-order chi connectivity index (χ0) is 21.3. The van der Waals surface area contributed by atoms with E-state index in [0.717, 1.165) is 4.90 Å². The summed E-state index contributed by atoms with van der Waals surface area (Å²) in [5, 5.41) is 9.48. The van der Waals surface area contributed by atoms with E-state index in [1.54, 1.807) is 18.2 Å². The summed E-state index contributed by atoms with van der Waals surface area (Å²) in [6.07, 6.45) is 1.70. The van der Waals surface area contributed by atoms with Gasteiger partial charge >= 0.3 is 0 Å². The van der Waals surface area contributed by atoms with Crippen LogP contribution in [0.4, 0.5) is 0 Å². The predicted octanol–water partition coefficient (Wildman–Crippen LogP) is 1.48. The Morgan fingerprint density at radius 2 is 1.93 bits per heavy atom. The molecule has 0 aliphatic carbocycles. The first-order valence-corrected chi connectivity index (χ1v) is 10.7. The molecule has 1 unspecified atom stereocenters. The SMILES string of the molecule is COc1ccc(C=C2C(=O)N(C3CCS(=O)(=O)C3)C(=O)C(C#N)=C2C)c(OC)c1. The second kappa shape index (κ2) is 7.72. The molecule has 1 atom stereocenters. The summed E-state index contributed by atoms with van der Waals surface area (Å²) in [6, 6.07) is 6.11. The van der Waals surface area contributed by atoms with Crippen molar-refractivity contribution in [2.45, 2.75) is 19.4 Å². The molecule has 0 N–H and O–H groups in total. The van der Waals surface area contributed by atoms with Crippen LogP contribution in [0.1, 0.15) is 18.9 Å². The Balaban J connectivity index is 2.12.